The number of hydrogen-bond acceptors (Lipinski definition) is 4. The van der Waals surface area contributed by atoms with Crippen molar-refractivity contribution >= 4 is 23.3 Å². The molecule has 0 aliphatic heterocycles. The van der Waals surface area contributed by atoms with Crippen LogP contribution in [0.3, 0.4) is 0 Å². The first-order chi connectivity index (χ1) is 10.0. The van der Waals surface area contributed by atoms with Crippen molar-refractivity contribution in [3.05, 3.63) is 57.1 Å². The number of amides is 1. The number of nitrogen functional groups attached to an aromatic ring is 1. The van der Waals surface area contributed by atoms with Crippen LogP contribution >= 0.6 is 11.6 Å². The van der Waals surface area contributed by atoms with Gasteiger partial charge >= 0.3 is 0 Å². The summed E-state index contributed by atoms with van der Waals surface area (Å²) in [6, 6.07) is 4.89. The summed E-state index contributed by atoms with van der Waals surface area (Å²) >= 11 is 5.82. The van der Waals surface area contributed by atoms with E-state index >= 15 is 0 Å². The Morgan fingerprint density at radius 2 is 2.29 bits per heavy atom. The maximum absolute atomic E-state index is 12.0. The van der Waals surface area contributed by atoms with E-state index in [1.165, 1.54) is 12.3 Å². The molecule has 0 bridgehead atoms. The van der Waals surface area contributed by atoms with Crippen LogP contribution in [0.25, 0.3) is 0 Å². The Morgan fingerprint density at radius 1 is 1.52 bits per heavy atom. The van der Waals surface area contributed by atoms with Gasteiger partial charge in [0.15, 0.2) is 0 Å². The number of nitrogens with two attached hydrogens (primary N) is 1. The predicted octanol–water partition coefficient (Wildman–Crippen LogP) is 1.43. The zero-order chi connectivity index (χ0) is 15.4. The minimum Gasteiger partial charge on any atom is -0.382 e. The van der Waals surface area contributed by atoms with Crippen LogP contribution < -0.4 is 16.6 Å². The first-order valence-corrected chi connectivity index (χ1v) is 6.78. The maximum Gasteiger partial charge on any atom is 0.255 e. The number of carbonyl (C=O) groups is 1. The van der Waals surface area contributed by atoms with Crippen LogP contribution in [0.2, 0.25) is 5.02 Å². The fourth-order valence-electron chi connectivity index (χ4n) is 1.82. The molecule has 0 aliphatic rings. The standard InChI is InChI=1S/C14H15ClN4O2/c1-2-19-5-3-4-9(14(19)21)7-18-13(20)10-6-11(15)12(16)17-8-10/h3-6,8H,2,7H2,1H3,(H2,16,17)(H,18,20). The van der Waals surface area contributed by atoms with E-state index in [0.717, 1.165) is 0 Å². The van der Waals surface area contributed by atoms with Gasteiger partial charge < -0.3 is 15.6 Å². The predicted molar refractivity (Wildman–Crippen MR) is 81.2 cm³/mol. The summed E-state index contributed by atoms with van der Waals surface area (Å²) in [6.07, 6.45) is 3.04. The Hall–Kier alpha value is -2.34. The number of anilines is 1. The molecule has 2 rings (SSSR count). The minimum absolute atomic E-state index is 0.117. The van der Waals surface area contributed by atoms with Gasteiger partial charge in [0.25, 0.3) is 11.5 Å². The van der Waals surface area contributed by atoms with Gasteiger partial charge in [-0.2, -0.15) is 0 Å². The molecular formula is C14H15ClN4O2. The third-order valence-electron chi connectivity index (χ3n) is 3.01. The van der Waals surface area contributed by atoms with Crippen LogP contribution in [-0.2, 0) is 13.1 Å². The number of hydrogen-bond donors (Lipinski definition) is 2. The van der Waals surface area contributed by atoms with Gasteiger partial charge in [0.2, 0.25) is 0 Å². The molecule has 2 heterocycles. The lowest BCUT2D eigenvalue weighted by molar-refractivity contribution is 0.0950. The van der Waals surface area contributed by atoms with Crippen molar-refractivity contribution in [3.63, 3.8) is 0 Å². The fourth-order valence-corrected chi connectivity index (χ4v) is 1.99. The zero-order valence-corrected chi connectivity index (χ0v) is 12.2. The topological polar surface area (TPSA) is 90.0 Å². The van der Waals surface area contributed by atoms with Gasteiger partial charge in [-0.3, -0.25) is 9.59 Å². The van der Waals surface area contributed by atoms with Gasteiger partial charge in [-0.25, -0.2) is 4.98 Å². The molecule has 0 aliphatic carbocycles. The maximum atomic E-state index is 12.0. The Kier molecular flexibility index (Phi) is 4.59. The second-order valence-electron chi connectivity index (χ2n) is 4.40. The molecule has 2 aromatic heterocycles. The molecule has 0 fully saturated rings. The second kappa shape index (κ2) is 6.41. The molecule has 6 nitrogen and oxygen atoms in total. The molecule has 0 aromatic carbocycles. The van der Waals surface area contributed by atoms with Gasteiger partial charge in [0, 0.05) is 31.0 Å². The monoisotopic (exact) mass is 306 g/mol. The minimum atomic E-state index is -0.365. The van der Waals surface area contributed by atoms with Crippen molar-refractivity contribution in [3.8, 4) is 0 Å². The van der Waals surface area contributed by atoms with E-state index in [1.807, 2.05) is 6.92 Å². The second-order valence-corrected chi connectivity index (χ2v) is 4.81. The number of halogens is 1. The fraction of sp³-hybridized carbons (Fsp3) is 0.214. The number of pyridine rings is 2. The molecule has 0 radical (unpaired) electrons. The molecule has 0 unspecified atom stereocenters. The van der Waals surface area contributed by atoms with Crippen LogP contribution in [-0.4, -0.2) is 15.5 Å². The number of aromatic nitrogens is 2. The SMILES string of the molecule is CCn1cccc(CNC(=O)c2cnc(N)c(Cl)c2)c1=O. The molecule has 2 aromatic rings. The Morgan fingerprint density at radius 3 is 2.95 bits per heavy atom. The average molecular weight is 307 g/mol. The van der Waals surface area contributed by atoms with Crippen LogP contribution in [0.4, 0.5) is 5.82 Å². The third-order valence-corrected chi connectivity index (χ3v) is 3.31. The van der Waals surface area contributed by atoms with E-state index in [0.29, 0.717) is 17.7 Å². The van der Waals surface area contributed by atoms with E-state index in [1.54, 1.807) is 22.9 Å². The highest BCUT2D eigenvalue weighted by Gasteiger charge is 2.10. The number of aryl methyl sites for hydroxylation is 1. The van der Waals surface area contributed by atoms with Gasteiger partial charge in [-0.15, -0.1) is 0 Å². The summed E-state index contributed by atoms with van der Waals surface area (Å²) in [6.45, 7) is 2.60. The quantitative estimate of drug-likeness (QED) is 0.894. The van der Waals surface area contributed by atoms with Crippen molar-refractivity contribution in [2.24, 2.45) is 0 Å². The van der Waals surface area contributed by atoms with E-state index in [4.69, 9.17) is 17.3 Å². The summed E-state index contributed by atoms with van der Waals surface area (Å²) in [7, 11) is 0. The largest absolute Gasteiger partial charge is 0.382 e. The van der Waals surface area contributed by atoms with Crippen molar-refractivity contribution < 1.29 is 4.79 Å². The summed E-state index contributed by atoms with van der Waals surface area (Å²) in [5, 5.41) is 2.88. The number of carbonyl (C=O) groups excluding carboxylic acids is 1. The lowest BCUT2D eigenvalue weighted by atomic mass is 10.2. The smallest absolute Gasteiger partial charge is 0.255 e. The molecule has 1 amide bonds. The number of nitrogens with one attached hydrogen (secondary N) is 1. The third kappa shape index (κ3) is 3.41. The molecule has 21 heavy (non-hydrogen) atoms. The van der Waals surface area contributed by atoms with Crippen LogP contribution in [0, 0.1) is 0 Å². The first-order valence-electron chi connectivity index (χ1n) is 6.40. The molecule has 7 heteroatoms. The molecule has 0 saturated heterocycles. The van der Waals surface area contributed by atoms with E-state index in [-0.39, 0.29) is 28.9 Å². The van der Waals surface area contributed by atoms with Gasteiger partial charge in [-0.1, -0.05) is 17.7 Å². The highest BCUT2D eigenvalue weighted by molar-refractivity contribution is 6.33. The van der Waals surface area contributed by atoms with Crippen LogP contribution in [0.15, 0.2) is 35.4 Å². The normalized spacial score (nSPS) is 10.4. The number of nitrogens with zero attached hydrogens (tertiary/aromatic N) is 2. The molecule has 110 valence electrons. The average Bonchev–Trinajstić information content (AvgIpc) is 2.48. The van der Waals surface area contributed by atoms with E-state index in [2.05, 4.69) is 10.3 Å². The van der Waals surface area contributed by atoms with Gasteiger partial charge in [0.1, 0.15) is 5.82 Å². The van der Waals surface area contributed by atoms with Crippen molar-refractivity contribution in [2.45, 2.75) is 20.0 Å². The lowest BCUT2D eigenvalue weighted by Crippen LogP contribution is -2.29. The zero-order valence-electron chi connectivity index (χ0n) is 11.5. The van der Waals surface area contributed by atoms with Crippen molar-refractivity contribution in [2.75, 3.05) is 5.73 Å². The molecular weight excluding hydrogens is 292 g/mol. The summed E-state index contributed by atoms with van der Waals surface area (Å²) in [5.41, 5.74) is 6.18. The van der Waals surface area contributed by atoms with Crippen molar-refractivity contribution in [1.82, 2.24) is 14.9 Å². The number of rotatable bonds is 4. The summed E-state index contributed by atoms with van der Waals surface area (Å²) in [4.78, 5) is 27.8. The van der Waals surface area contributed by atoms with E-state index in [9.17, 15) is 9.59 Å². The highest BCUT2D eigenvalue weighted by Crippen LogP contribution is 2.16. The van der Waals surface area contributed by atoms with Crippen molar-refractivity contribution in [1.29, 1.82) is 0 Å². The first kappa shape index (κ1) is 15.1. The molecule has 3 N–H and O–H groups in total. The molecule has 0 atom stereocenters. The summed E-state index contributed by atoms with van der Waals surface area (Å²) in [5.74, 6) is -0.196. The van der Waals surface area contributed by atoms with Crippen LogP contribution in [0.5, 0.6) is 0 Å². The Labute approximate surface area is 126 Å². The Bertz CT molecular complexity index is 727. The van der Waals surface area contributed by atoms with Gasteiger partial charge in [-0.05, 0) is 19.1 Å². The molecule has 0 spiro atoms. The van der Waals surface area contributed by atoms with Gasteiger partial charge in [0.05, 0.1) is 10.6 Å². The molecule has 0 saturated carbocycles. The lowest BCUT2D eigenvalue weighted by Gasteiger charge is -2.08. The Balaban J connectivity index is 2.11. The van der Waals surface area contributed by atoms with Crippen LogP contribution in [0.1, 0.15) is 22.8 Å². The van der Waals surface area contributed by atoms with E-state index < -0.39 is 0 Å². The highest BCUT2D eigenvalue weighted by atomic mass is 35.5. The summed E-state index contributed by atoms with van der Waals surface area (Å²) < 4.78 is 1.57.